The SMILES string of the molecule is CN(Cc1ccncc1)c1ccc(N)c(C(F)(F)F)c1. The number of rotatable bonds is 3. The van der Waals surface area contributed by atoms with Crippen LogP contribution in [-0.2, 0) is 12.7 Å². The molecule has 20 heavy (non-hydrogen) atoms. The summed E-state index contributed by atoms with van der Waals surface area (Å²) in [5, 5.41) is 0. The Bertz CT molecular complexity index is 582. The number of hydrogen-bond donors (Lipinski definition) is 1. The Labute approximate surface area is 114 Å². The monoisotopic (exact) mass is 281 g/mol. The first-order chi connectivity index (χ1) is 9.38. The van der Waals surface area contributed by atoms with Crippen LogP contribution in [0.3, 0.4) is 0 Å². The van der Waals surface area contributed by atoms with Gasteiger partial charge in [-0.1, -0.05) is 0 Å². The molecule has 3 nitrogen and oxygen atoms in total. The van der Waals surface area contributed by atoms with Gasteiger partial charge in [0, 0.05) is 37.4 Å². The number of nitrogens with two attached hydrogens (primary N) is 1. The van der Waals surface area contributed by atoms with Crippen LogP contribution in [0, 0.1) is 0 Å². The highest BCUT2D eigenvalue weighted by Crippen LogP contribution is 2.35. The highest BCUT2D eigenvalue weighted by molar-refractivity contribution is 5.59. The average molecular weight is 281 g/mol. The summed E-state index contributed by atoms with van der Waals surface area (Å²) in [5.74, 6) is 0. The topological polar surface area (TPSA) is 42.2 Å². The van der Waals surface area contributed by atoms with E-state index in [0.717, 1.165) is 11.6 Å². The number of halogens is 3. The lowest BCUT2D eigenvalue weighted by molar-refractivity contribution is -0.136. The van der Waals surface area contributed by atoms with Crippen molar-refractivity contribution in [3.8, 4) is 0 Å². The molecule has 0 aliphatic heterocycles. The second-order valence-corrected chi connectivity index (χ2v) is 4.48. The molecular formula is C14H14F3N3. The van der Waals surface area contributed by atoms with Crippen LogP contribution < -0.4 is 10.6 Å². The molecule has 1 aromatic heterocycles. The predicted molar refractivity (Wildman–Crippen MR) is 72.2 cm³/mol. The lowest BCUT2D eigenvalue weighted by Crippen LogP contribution is -2.18. The molecule has 0 bridgehead atoms. The van der Waals surface area contributed by atoms with Gasteiger partial charge >= 0.3 is 6.18 Å². The fourth-order valence-electron chi connectivity index (χ4n) is 1.88. The fraction of sp³-hybridized carbons (Fsp3) is 0.214. The number of pyridine rings is 1. The molecule has 106 valence electrons. The summed E-state index contributed by atoms with van der Waals surface area (Å²) in [4.78, 5) is 5.63. The van der Waals surface area contributed by atoms with Gasteiger partial charge in [0.25, 0.3) is 0 Å². The van der Waals surface area contributed by atoms with Gasteiger partial charge in [-0.2, -0.15) is 13.2 Å². The minimum Gasteiger partial charge on any atom is -0.398 e. The Morgan fingerprint density at radius 3 is 2.40 bits per heavy atom. The van der Waals surface area contributed by atoms with Crippen molar-refractivity contribution in [3.05, 3.63) is 53.9 Å². The summed E-state index contributed by atoms with van der Waals surface area (Å²) in [6.45, 7) is 0.490. The van der Waals surface area contributed by atoms with Crippen molar-refractivity contribution < 1.29 is 13.2 Å². The first-order valence-corrected chi connectivity index (χ1v) is 5.94. The lowest BCUT2D eigenvalue weighted by atomic mass is 10.1. The van der Waals surface area contributed by atoms with E-state index in [9.17, 15) is 13.2 Å². The Balaban J connectivity index is 2.25. The molecule has 0 fully saturated rings. The minimum atomic E-state index is -4.45. The number of nitrogens with zero attached hydrogens (tertiary/aromatic N) is 2. The molecule has 2 N–H and O–H groups in total. The Morgan fingerprint density at radius 2 is 1.80 bits per heavy atom. The normalized spacial score (nSPS) is 11.4. The third kappa shape index (κ3) is 3.20. The van der Waals surface area contributed by atoms with E-state index in [0.29, 0.717) is 12.2 Å². The molecule has 0 aliphatic carbocycles. The van der Waals surface area contributed by atoms with Gasteiger partial charge in [-0.3, -0.25) is 4.98 Å². The van der Waals surface area contributed by atoms with Crippen molar-refractivity contribution in [1.29, 1.82) is 0 Å². The zero-order valence-electron chi connectivity index (χ0n) is 10.9. The quantitative estimate of drug-likeness (QED) is 0.878. The average Bonchev–Trinajstić information content (AvgIpc) is 2.39. The molecule has 0 unspecified atom stereocenters. The highest BCUT2D eigenvalue weighted by atomic mass is 19.4. The van der Waals surface area contributed by atoms with Crippen molar-refractivity contribution >= 4 is 11.4 Å². The van der Waals surface area contributed by atoms with Gasteiger partial charge in [0.1, 0.15) is 0 Å². The standard InChI is InChI=1S/C14H14F3N3/c1-20(9-10-4-6-19-7-5-10)11-2-3-13(18)12(8-11)14(15,16)17/h2-8H,9,18H2,1H3. The van der Waals surface area contributed by atoms with Crippen molar-refractivity contribution in [3.63, 3.8) is 0 Å². The summed E-state index contributed by atoms with van der Waals surface area (Å²) in [5.41, 5.74) is 5.73. The Morgan fingerprint density at radius 1 is 1.15 bits per heavy atom. The number of anilines is 2. The zero-order valence-corrected chi connectivity index (χ0v) is 10.9. The Hall–Kier alpha value is -2.24. The second kappa shape index (κ2) is 5.40. The Kier molecular flexibility index (Phi) is 3.83. The molecule has 0 radical (unpaired) electrons. The van der Waals surface area contributed by atoms with E-state index >= 15 is 0 Å². The second-order valence-electron chi connectivity index (χ2n) is 4.48. The maximum absolute atomic E-state index is 12.8. The van der Waals surface area contributed by atoms with E-state index in [1.165, 1.54) is 6.07 Å². The third-order valence-electron chi connectivity index (χ3n) is 2.95. The van der Waals surface area contributed by atoms with Crippen LogP contribution in [0.1, 0.15) is 11.1 Å². The van der Waals surface area contributed by atoms with Crippen LogP contribution in [0.2, 0.25) is 0 Å². The van der Waals surface area contributed by atoms with Crippen molar-refractivity contribution in [1.82, 2.24) is 4.98 Å². The number of nitrogen functional groups attached to an aromatic ring is 1. The van der Waals surface area contributed by atoms with E-state index < -0.39 is 11.7 Å². The molecule has 6 heteroatoms. The zero-order chi connectivity index (χ0) is 14.8. The number of aromatic nitrogens is 1. The van der Waals surface area contributed by atoms with Crippen molar-refractivity contribution in [2.45, 2.75) is 12.7 Å². The van der Waals surface area contributed by atoms with Gasteiger partial charge in [0.15, 0.2) is 0 Å². The molecule has 0 aliphatic rings. The van der Waals surface area contributed by atoms with Crippen LogP contribution in [-0.4, -0.2) is 12.0 Å². The summed E-state index contributed by atoms with van der Waals surface area (Å²) in [6.07, 6.45) is -1.15. The van der Waals surface area contributed by atoms with Gasteiger partial charge < -0.3 is 10.6 Å². The molecule has 2 rings (SSSR count). The van der Waals surface area contributed by atoms with Gasteiger partial charge in [0.05, 0.1) is 5.56 Å². The summed E-state index contributed by atoms with van der Waals surface area (Å²) in [6, 6.07) is 7.56. The van der Waals surface area contributed by atoms with Crippen molar-refractivity contribution in [2.75, 3.05) is 17.7 Å². The van der Waals surface area contributed by atoms with Gasteiger partial charge in [-0.25, -0.2) is 0 Å². The third-order valence-corrected chi connectivity index (χ3v) is 2.95. The molecule has 1 heterocycles. The molecule has 1 aromatic carbocycles. The number of alkyl halides is 3. The number of hydrogen-bond acceptors (Lipinski definition) is 3. The molecule has 0 spiro atoms. The van der Waals surface area contributed by atoms with E-state index in [-0.39, 0.29) is 5.69 Å². The van der Waals surface area contributed by atoms with Crippen LogP contribution in [0.15, 0.2) is 42.7 Å². The molecular weight excluding hydrogens is 267 g/mol. The smallest absolute Gasteiger partial charge is 0.398 e. The maximum atomic E-state index is 12.8. The van der Waals surface area contributed by atoms with Crippen molar-refractivity contribution in [2.24, 2.45) is 0 Å². The molecule has 0 atom stereocenters. The number of benzene rings is 1. The van der Waals surface area contributed by atoms with Gasteiger partial charge in [-0.15, -0.1) is 0 Å². The van der Waals surface area contributed by atoms with E-state index in [4.69, 9.17) is 5.73 Å². The summed E-state index contributed by atoms with van der Waals surface area (Å²) < 4.78 is 38.4. The van der Waals surface area contributed by atoms with E-state index in [2.05, 4.69) is 4.98 Å². The molecule has 0 amide bonds. The van der Waals surface area contributed by atoms with Gasteiger partial charge in [-0.05, 0) is 35.9 Å². The first-order valence-electron chi connectivity index (χ1n) is 5.94. The predicted octanol–water partition coefficient (Wildman–Crippen LogP) is 3.32. The molecule has 0 saturated heterocycles. The molecule has 0 saturated carbocycles. The van der Waals surface area contributed by atoms with Crippen LogP contribution in [0.25, 0.3) is 0 Å². The fourth-order valence-corrected chi connectivity index (χ4v) is 1.88. The largest absolute Gasteiger partial charge is 0.418 e. The van der Waals surface area contributed by atoms with Gasteiger partial charge in [0.2, 0.25) is 0 Å². The van der Waals surface area contributed by atoms with E-state index in [1.807, 2.05) is 12.1 Å². The summed E-state index contributed by atoms with van der Waals surface area (Å²) in [7, 11) is 1.73. The van der Waals surface area contributed by atoms with E-state index in [1.54, 1.807) is 30.4 Å². The van der Waals surface area contributed by atoms with Crippen LogP contribution in [0.5, 0.6) is 0 Å². The first kappa shape index (κ1) is 14.2. The molecule has 2 aromatic rings. The summed E-state index contributed by atoms with van der Waals surface area (Å²) >= 11 is 0. The minimum absolute atomic E-state index is 0.265. The van der Waals surface area contributed by atoms with Crippen LogP contribution >= 0.6 is 0 Å². The maximum Gasteiger partial charge on any atom is 0.418 e. The van der Waals surface area contributed by atoms with Crippen LogP contribution in [0.4, 0.5) is 24.5 Å². The highest BCUT2D eigenvalue weighted by Gasteiger charge is 2.33. The lowest BCUT2D eigenvalue weighted by Gasteiger charge is -2.21.